The van der Waals surface area contributed by atoms with Gasteiger partial charge in [0.1, 0.15) is 6.10 Å². The van der Waals surface area contributed by atoms with Gasteiger partial charge in [-0.15, -0.1) is 0 Å². The Morgan fingerprint density at radius 1 is 1.13 bits per heavy atom. The van der Waals surface area contributed by atoms with Crippen molar-refractivity contribution in [2.24, 2.45) is 0 Å². The lowest BCUT2D eigenvalue weighted by Gasteiger charge is -2.33. The summed E-state index contributed by atoms with van der Waals surface area (Å²) in [7, 11) is 0. The Morgan fingerprint density at radius 3 is 2.83 bits per heavy atom. The molecule has 0 aromatic carbocycles. The van der Waals surface area contributed by atoms with E-state index in [9.17, 15) is 0 Å². The Bertz CT molecular complexity index is 813. The van der Waals surface area contributed by atoms with Crippen LogP contribution in [0.1, 0.15) is 12.8 Å². The smallest absolute Gasteiger partial charge is 0.217 e. The number of halogens is 1. The third kappa shape index (κ3) is 2.94. The topological polar surface area (TPSA) is 55.6 Å². The molecule has 1 aliphatic heterocycles. The molecule has 1 saturated heterocycles. The van der Waals surface area contributed by atoms with E-state index in [0.717, 1.165) is 37.3 Å². The second-order valence-corrected chi connectivity index (χ2v) is 5.94. The minimum Gasteiger partial charge on any atom is -0.474 e. The lowest BCUT2D eigenvalue weighted by atomic mass is 10.1. The van der Waals surface area contributed by atoms with Crippen molar-refractivity contribution in [3.63, 3.8) is 0 Å². The largest absolute Gasteiger partial charge is 0.474 e. The maximum absolute atomic E-state index is 6.21. The number of nitrogens with zero attached hydrogens (tertiary/aromatic N) is 5. The fraction of sp³-hybridized carbons (Fsp3) is 0.312. The first-order chi connectivity index (χ1) is 11.3. The summed E-state index contributed by atoms with van der Waals surface area (Å²) in [4.78, 5) is 10.8. The number of rotatable bonds is 3. The molecule has 0 atom stereocenters. The summed E-state index contributed by atoms with van der Waals surface area (Å²) in [5.74, 6) is 0.651. The van der Waals surface area contributed by atoms with Crippen molar-refractivity contribution in [2.45, 2.75) is 18.9 Å². The van der Waals surface area contributed by atoms with Crippen LogP contribution in [0.3, 0.4) is 0 Å². The zero-order valence-electron chi connectivity index (χ0n) is 12.5. The molecule has 118 valence electrons. The van der Waals surface area contributed by atoms with E-state index in [1.165, 1.54) is 0 Å². The zero-order valence-corrected chi connectivity index (χ0v) is 13.2. The van der Waals surface area contributed by atoms with Crippen LogP contribution in [0.25, 0.3) is 5.65 Å². The van der Waals surface area contributed by atoms with Gasteiger partial charge in [-0.3, -0.25) is 4.98 Å². The molecule has 0 bridgehead atoms. The van der Waals surface area contributed by atoms with Crippen molar-refractivity contribution in [3.05, 3.63) is 48.0 Å². The molecule has 0 N–H and O–H groups in total. The van der Waals surface area contributed by atoms with Crippen LogP contribution < -0.4 is 9.64 Å². The molecule has 6 nitrogen and oxygen atoms in total. The quantitative estimate of drug-likeness (QED) is 0.739. The predicted octanol–water partition coefficient (Wildman–Crippen LogP) is 2.83. The number of aromatic nitrogens is 4. The molecule has 0 unspecified atom stereocenters. The molecule has 1 aliphatic rings. The first kappa shape index (κ1) is 14.3. The Balaban J connectivity index is 1.40. The maximum atomic E-state index is 6.21. The van der Waals surface area contributed by atoms with Crippen LogP contribution in [0.15, 0.2) is 43.0 Å². The number of anilines is 1. The molecule has 0 spiro atoms. The van der Waals surface area contributed by atoms with Gasteiger partial charge in [-0.25, -0.2) is 4.52 Å². The van der Waals surface area contributed by atoms with Gasteiger partial charge in [0.25, 0.3) is 0 Å². The fourth-order valence-corrected chi connectivity index (χ4v) is 3.11. The molecule has 0 aliphatic carbocycles. The standard InChI is InChI=1S/C16H16ClN5O/c17-13-11-18-6-1-14(13)21-8-3-12(4-9-21)23-16-5-10-22-15(20-16)2-7-19-22/h1-2,5-7,10-12H,3-4,8-9H2. The van der Waals surface area contributed by atoms with Crippen LogP contribution in [0.2, 0.25) is 5.02 Å². The summed E-state index contributed by atoms with van der Waals surface area (Å²) < 4.78 is 7.75. The molecule has 1 fully saturated rings. The van der Waals surface area contributed by atoms with Crippen LogP contribution in [0, 0.1) is 0 Å². The second kappa shape index (κ2) is 6.04. The molecule has 4 rings (SSSR count). The van der Waals surface area contributed by atoms with Gasteiger partial charge in [0, 0.05) is 56.7 Å². The SMILES string of the molecule is Clc1cnccc1N1CCC(Oc2ccn3nccc3n2)CC1. The molecule has 4 heterocycles. The van der Waals surface area contributed by atoms with Crippen LogP contribution in [-0.2, 0) is 0 Å². The molecule has 3 aromatic heterocycles. The van der Waals surface area contributed by atoms with Crippen LogP contribution in [0.5, 0.6) is 5.88 Å². The minimum atomic E-state index is 0.171. The van der Waals surface area contributed by atoms with Gasteiger partial charge in [-0.1, -0.05) is 11.6 Å². The third-order valence-electron chi connectivity index (χ3n) is 4.05. The van der Waals surface area contributed by atoms with Gasteiger partial charge in [0.05, 0.1) is 16.9 Å². The van der Waals surface area contributed by atoms with Crippen molar-refractivity contribution in [2.75, 3.05) is 18.0 Å². The average Bonchev–Trinajstić information content (AvgIpc) is 3.04. The summed E-state index contributed by atoms with van der Waals surface area (Å²) in [5.41, 5.74) is 1.84. The molecule has 0 radical (unpaired) electrons. The molecule has 0 amide bonds. The van der Waals surface area contributed by atoms with Gasteiger partial charge in [-0.05, 0) is 6.07 Å². The average molecular weight is 330 g/mol. The predicted molar refractivity (Wildman–Crippen MR) is 88.1 cm³/mol. The van der Waals surface area contributed by atoms with Gasteiger partial charge in [-0.2, -0.15) is 10.1 Å². The van der Waals surface area contributed by atoms with Crippen LogP contribution in [-0.4, -0.2) is 38.8 Å². The summed E-state index contributed by atoms with van der Waals surface area (Å²) in [6.45, 7) is 1.81. The molecule has 3 aromatic rings. The first-order valence-corrected chi connectivity index (χ1v) is 7.99. The van der Waals surface area contributed by atoms with Gasteiger partial charge >= 0.3 is 0 Å². The molecule has 0 saturated carbocycles. The fourth-order valence-electron chi connectivity index (χ4n) is 2.87. The highest BCUT2D eigenvalue weighted by Gasteiger charge is 2.22. The Hall–Kier alpha value is -2.34. The van der Waals surface area contributed by atoms with Crippen molar-refractivity contribution in [1.82, 2.24) is 19.6 Å². The maximum Gasteiger partial charge on any atom is 0.217 e. The van der Waals surface area contributed by atoms with Crippen molar-refractivity contribution < 1.29 is 4.74 Å². The minimum absolute atomic E-state index is 0.171. The van der Waals surface area contributed by atoms with E-state index in [2.05, 4.69) is 20.0 Å². The van der Waals surface area contributed by atoms with E-state index in [4.69, 9.17) is 16.3 Å². The second-order valence-electron chi connectivity index (χ2n) is 5.53. The Morgan fingerprint density at radius 2 is 2.00 bits per heavy atom. The third-order valence-corrected chi connectivity index (χ3v) is 4.34. The molecular weight excluding hydrogens is 314 g/mol. The zero-order chi connectivity index (χ0) is 15.6. The summed E-state index contributed by atoms with van der Waals surface area (Å²) in [5, 5.41) is 4.83. The number of hydrogen-bond acceptors (Lipinski definition) is 5. The molecule has 23 heavy (non-hydrogen) atoms. The Kier molecular flexibility index (Phi) is 3.75. The molecular formula is C16H16ClN5O. The number of pyridine rings is 1. The van der Waals surface area contributed by atoms with Crippen molar-refractivity contribution in [3.8, 4) is 5.88 Å². The number of hydrogen-bond donors (Lipinski definition) is 0. The van der Waals surface area contributed by atoms with Crippen LogP contribution in [0.4, 0.5) is 5.69 Å². The van der Waals surface area contributed by atoms with Crippen molar-refractivity contribution in [1.29, 1.82) is 0 Å². The van der Waals surface area contributed by atoms with Gasteiger partial charge in [0.15, 0.2) is 5.65 Å². The van der Waals surface area contributed by atoms with Gasteiger partial charge < -0.3 is 9.64 Å². The lowest BCUT2D eigenvalue weighted by molar-refractivity contribution is 0.164. The number of ether oxygens (including phenoxy) is 1. The lowest BCUT2D eigenvalue weighted by Crippen LogP contribution is -2.38. The van der Waals surface area contributed by atoms with Crippen molar-refractivity contribution >= 4 is 22.9 Å². The highest BCUT2D eigenvalue weighted by molar-refractivity contribution is 6.33. The van der Waals surface area contributed by atoms with E-state index in [-0.39, 0.29) is 6.10 Å². The van der Waals surface area contributed by atoms with E-state index < -0.39 is 0 Å². The normalized spacial score (nSPS) is 16.0. The highest BCUT2D eigenvalue weighted by Crippen LogP contribution is 2.28. The van der Waals surface area contributed by atoms with Gasteiger partial charge in [0.2, 0.25) is 5.88 Å². The van der Waals surface area contributed by atoms with E-state index in [1.54, 1.807) is 23.1 Å². The summed E-state index contributed by atoms with van der Waals surface area (Å²) in [6.07, 6.45) is 9.09. The van der Waals surface area contributed by atoms with Crippen LogP contribution >= 0.6 is 11.6 Å². The van der Waals surface area contributed by atoms with E-state index in [0.29, 0.717) is 10.9 Å². The summed E-state index contributed by atoms with van der Waals surface area (Å²) in [6, 6.07) is 5.67. The summed E-state index contributed by atoms with van der Waals surface area (Å²) >= 11 is 6.21. The van der Waals surface area contributed by atoms with E-state index >= 15 is 0 Å². The number of piperidine rings is 1. The number of fused-ring (bicyclic) bond motifs is 1. The molecule has 7 heteroatoms. The monoisotopic (exact) mass is 329 g/mol. The van der Waals surface area contributed by atoms with E-state index in [1.807, 2.05) is 24.4 Å². The Labute approximate surface area is 138 Å². The first-order valence-electron chi connectivity index (χ1n) is 7.61. The highest BCUT2D eigenvalue weighted by atomic mass is 35.5.